The highest BCUT2D eigenvalue weighted by Gasteiger charge is 2.63. The Morgan fingerprint density at radius 3 is 2.48 bits per heavy atom. The van der Waals surface area contributed by atoms with Crippen LogP contribution in [0.3, 0.4) is 0 Å². The molecule has 0 spiro atoms. The van der Waals surface area contributed by atoms with Crippen molar-refractivity contribution in [3.63, 3.8) is 0 Å². The summed E-state index contributed by atoms with van der Waals surface area (Å²) in [6, 6.07) is 8.15. The number of hydrogen-bond donors (Lipinski definition) is 2. The summed E-state index contributed by atoms with van der Waals surface area (Å²) < 4.78 is 18.4. The van der Waals surface area contributed by atoms with Crippen LogP contribution in [-0.4, -0.2) is 34.2 Å². The minimum absolute atomic E-state index is 0.0146. The first-order valence-electron chi connectivity index (χ1n) is 11.3. The Morgan fingerprint density at radius 2 is 1.79 bits per heavy atom. The van der Waals surface area contributed by atoms with Gasteiger partial charge in [-0.25, -0.2) is 0 Å². The van der Waals surface area contributed by atoms with Gasteiger partial charge < -0.3 is 24.4 Å². The van der Waals surface area contributed by atoms with Crippen molar-refractivity contribution in [1.82, 2.24) is 0 Å². The van der Waals surface area contributed by atoms with E-state index >= 15 is 0 Å². The average molecular weight is 405 g/mol. The highest BCUT2D eigenvalue weighted by molar-refractivity contribution is 5.27. The van der Waals surface area contributed by atoms with Crippen molar-refractivity contribution in [3.8, 4) is 5.75 Å². The lowest BCUT2D eigenvalue weighted by Gasteiger charge is -2.57. The van der Waals surface area contributed by atoms with Gasteiger partial charge in [0, 0.05) is 18.3 Å². The third-order valence-corrected chi connectivity index (χ3v) is 7.50. The zero-order chi connectivity index (χ0) is 20.8. The van der Waals surface area contributed by atoms with Crippen molar-refractivity contribution in [2.24, 2.45) is 23.7 Å². The van der Waals surface area contributed by atoms with Gasteiger partial charge in [-0.05, 0) is 62.1 Å². The van der Waals surface area contributed by atoms with Gasteiger partial charge in [-0.2, -0.15) is 0 Å². The number of ether oxygens (including phenoxy) is 3. The Kier molecular flexibility index (Phi) is 5.71. The molecular weight excluding hydrogens is 368 g/mol. The molecule has 29 heavy (non-hydrogen) atoms. The number of hydrogen-bond acceptors (Lipinski definition) is 5. The Balaban J connectivity index is 1.59. The molecular formula is C24H36O5. The number of rotatable bonds is 4. The molecule has 3 aliphatic rings. The molecule has 0 radical (unpaired) electrons. The molecule has 2 saturated heterocycles. The summed E-state index contributed by atoms with van der Waals surface area (Å²) in [5, 5.41) is 22.6. The summed E-state index contributed by atoms with van der Waals surface area (Å²) in [6.07, 6.45) is 3.96. The molecule has 1 aliphatic carbocycles. The van der Waals surface area contributed by atoms with E-state index in [1.165, 1.54) is 5.56 Å². The molecule has 5 nitrogen and oxygen atoms in total. The third kappa shape index (κ3) is 3.83. The van der Waals surface area contributed by atoms with Crippen molar-refractivity contribution >= 4 is 0 Å². The quantitative estimate of drug-likeness (QED) is 0.785. The molecule has 2 N–H and O–H groups in total. The second-order valence-electron chi connectivity index (χ2n) is 9.69. The number of aliphatic hydroxyl groups is 2. The van der Waals surface area contributed by atoms with Gasteiger partial charge in [0.15, 0.2) is 12.1 Å². The normalized spacial score (nSPS) is 44.6. The predicted octanol–water partition coefficient (Wildman–Crippen LogP) is 4.25. The smallest absolute Gasteiger partial charge is 0.205 e. The van der Waals surface area contributed by atoms with Crippen LogP contribution in [0.5, 0.6) is 5.75 Å². The van der Waals surface area contributed by atoms with Crippen LogP contribution in [0.1, 0.15) is 65.4 Å². The molecule has 0 amide bonds. The molecule has 3 unspecified atom stereocenters. The van der Waals surface area contributed by atoms with Gasteiger partial charge in [0.25, 0.3) is 0 Å². The molecule has 1 aromatic rings. The van der Waals surface area contributed by atoms with Crippen LogP contribution in [0.25, 0.3) is 0 Å². The second-order valence-corrected chi connectivity index (χ2v) is 9.69. The topological polar surface area (TPSA) is 68.2 Å². The lowest BCUT2D eigenvalue weighted by molar-refractivity contribution is -0.398. The SMILES string of the molecule is CCCc1ccc(OC2O[C@@H]3O[C@](C)(O)CCC4[C@H](C)CCC([C@H]2C)[C@]43O)cc1. The van der Waals surface area contributed by atoms with Crippen LogP contribution in [0.2, 0.25) is 0 Å². The fourth-order valence-electron chi connectivity index (χ4n) is 5.83. The van der Waals surface area contributed by atoms with Crippen LogP contribution in [0, 0.1) is 23.7 Å². The second kappa shape index (κ2) is 7.84. The minimum atomic E-state index is -1.31. The Morgan fingerprint density at radius 1 is 1.07 bits per heavy atom. The average Bonchev–Trinajstić information content (AvgIpc) is 2.77. The van der Waals surface area contributed by atoms with E-state index in [-0.39, 0.29) is 17.8 Å². The first kappa shape index (κ1) is 21.1. The monoisotopic (exact) mass is 404 g/mol. The Labute approximate surface area is 174 Å². The van der Waals surface area contributed by atoms with E-state index in [2.05, 4.69) is 32.9 Å². The van der Waals surface area contributed by atoms with Gasteiger partial charge in [-0.1, -0.05) is 39.3 Å². The first-order valence-corrected chi connectivity index (χ1v) is 11.3. The van der Waals surface area contributed by atoms with E-state index in [9.17, 15) is 10.2 Å². The molecule has 5 heteroatoms. The van der Waals surface area contributed by atoms with Crippen molar-refractivity contribution < 1.29 is 24.4 Å². The predicted molar refractivity (Wildman–Crippen MR) is 110 cm³/mol. The number of aryl methyl sites for hydroxylation is 1. The minimum Gasteiger partial charge on any atom is -0.465 e. The van der Waals surface area contributed by atoms with Crippen molar-refractivity contribution in [2.45, 2.75) is 90.2 Å². The van der Waals surface area contributed by atoms with Gasteiger partial charge in [0.2, 0.25) is 6.29 Å². The van der Waals surface area contributed by atoms with Gasteiger partial charge in [-0.15, -0.1) is 0 Å². The summed E-state index contributed by atoms with van der Waals surface area (Å²) >= 11 is 0. The zero-order valence-electron chi connectivity index (χ0n) is 18.1. The molecule has 8 atom stereocenters. The molecule has 2 heterocycles. The standard InChI is InChI=1S/C24H36O5/c1-5-6-17-8-10-18(11-9-17)27-21-16(3)20-12-7-15(2)19-13-14-23(4,25)29-22(28-21)24(19,20)26/h8-11,15-16,19-22,25-26H,5-7,12-14H2,1-4H3/t15-,16-,19?,20?,21?,22-,23+,24-/m1/s1. The highest BCUT2D eigenvalue weighted by Crippen LogP contribution is 2.55. The fraction of sp³-hybridized carbons (Fsp3) is 0.750. The van der Waals surface area contributed by atoms with Gasteiger partial charge in [0.05, 0.1) is 0 Å². The van der Waals surface area contributed by atoms with Crippen molar-refractivity contribution in [3.05, 3.63) is 29.8 Å². The maximum atomic E-state index is 11.9. The summed E-state index contributed by atoms with van der Waals surface area (Å²) in [4.78, 5) is 0. The molecule has 3 fully saturated rings. The van der Waals surface area contributed by atoms with E-state index in [4.69, 9.17) is 14.2 Å². The van der Waals surface area contributed by atoms with E-state index in [0.29, 0.717) is 12.3 Å². The lowest BCUT2D eigenvalue weighted by atomic mass is 9.58. The summed E-state index contributed by atoms with van der Waals surface area (Å²) in [5.74, 6) is -0.0932. The van der Waals surface area contributed by atoms with E-state index in [1.807, 2.05) is 12.1 Å². The van der Waals surface area contributed by atoms with Gasteiger partial charge >= 0.3 is 0 Å². The van der Waals surface area contributed by atoms with Crippen LogP contribution < -0.4 is 4.74 Å². The molecule has 4 rings (SSSR count). The van der Waals surface area contributed by atoms with Crippen LogP contribution in [0.4, 0.5) is 0 Å². The van der Waals surface area contributed by atoms with Crippen LogP contribution >= 0.6 is 0 Å². The van der Waals surface area contributed by atoms with Crippen LogP contribution in [0.15, 0.2) is 24.3 Å². The maximum absolute atomic E-state index is 11.9. The highest BCUT2D eigenvalue weighted by atomic mass is 16.8. The van der Waals surface area contributed by atoms with Crippen molar-refractivity contribution in [2.75, 3.05) is 0 Å². The molecule has 1 saturated carbocycles. The molecule has 0 aromatic heterocycles. The molecule has 162 valence electrons. The fourth-order valence-corrected chi connectivity index (χ4v) is 5.83. The van der Waals surface area contributed by atoms with Crippen LogP contribution in [-0.2, 0) is 15.9 Å². The molecule has 2 aliphatic heterocycles. The van der Waals surface area contributed by atoms with Gasteiger partial charge in [0.1, 0.15) is 11.4 Å². The van der Waals surface area contributed by atoms with Gasteiger partial charge in [-0.3, -0.25) is 0 Å². The first-order chi connectivity index (χ1) is 13.7. The lowest BCUT2D eigenvalue weighted by Crippen LogP contribution is -2.67. The summed E-state index contributed by atoms with van der Waals surface area (Å²) in [5.41, 5.74) is 0.196. The molecule has 0 bridgehead atoms. The Hall–Kier alpha value is -1.14. The molecule has 1 aromatic carbocycles. The summed E-state index contributed by atoms with van der Waals surface area (Å²) in [7, 11) is 0. The van der Waals surface area contributed by atoms with E-state index < -0.39 is 24.0 Å². The zero-order valence-corrected chi connectivity index (χ0v) is 18.1. The maximum Gasteiger partial charge on any atom is 0.205 e. The largest absolute Gasteiger partial charge is 0.465 e. The summed E-state index contributed by atoms with van der Waals surface area (Å²) in [6.45, 7) is 8.13. The van der Waals surface area contributed by atoms with E-state index in [0.717, 1.165) is 37.9 Å². The number of benzene rings is 1. The van der Waals surface area contributed by atoms with E-state index in [1.54, 1.807) is 6.92 Å². The van der Waals surface area contributed by atoms with Crippen molar-refractivity contribution in [1.29, 1.82) is 0 Å². The third-order valence-electron chi connectivity index (χ3n) is 7.50. The Bertz CT molecular complexity index is 702.